The SMILES string of the molecule is COCCOC1(C)COC1. The summed E-state index contributed by atoms with van der Waals surface area (Å²) in [6.07, 6.45) is 0. The van der Waals surface area contributed by atoms with E-state index in [9.17, 15) is 0 Å². The van der Waals surface area contributed by atoms with Crippen LogP contribution in [0.15, 0.2) is 0 Å². The van der Waals surface area contributed by atoms with Gasteiger partial charge < -0.3 is 14.2 Å². The van der Waals surface area contributed by atoms with E-state index in [1.165, 1.54) is 0 Å². The first-order chi connectivity index (χ1) is 4.77. The van der Waals surface area contributed by atoms with Gasteiger partial charge in [0.05, 0.1) is 26.4 Å². The highest BCUT2D eigenvalue weighted by Crippen LogP contribution is 2.19. The Kier molecular flexibility index (Phi) is 2.65. The zero-order valence-electron chi connectivity index (χ0n) is 6.55. The topological polar surface area (TPSA) is 27.7 Å². The van der Waals surface area contributed by atoms with Gasteiger partial charge in [0.1, 0.15) is 5.60 Å². The number of methoxy groups -OCH3 is 1. The quantitative estimate of drug-likeness (QED) is 0.538. The molecule has 1 aliphatic rings. The normalized spacial score (nSPS) is 22.2. The first-order valence-electron chi connectivity index (χ1n) is 3.47. The van der Waals surface area contributed by atoms with Gasteiger partial charge in [0, 0.05) is 7.11 Å². The number of rotatable bonds is 4. The lowest BCUT2D eigenvalue weighted by Gasteiger charge is -2.37. The molecule has 0 bridgehead atoms. The minimum atomic E-state index is -0.0292. The molecule has 0 aromatic rings. The van der Waals surface area contributed by atoms with Crippen LogP contribution < -0.4 is 0 Å². The van der Waals surface area contributed by atoms with Gasteiger partial charge in [-0.3, -0.25) is 0 Å². The van der Waals surface area contributed by atoms with Crippen molar-refractivity contribution in [3.05, 3.63) is 0 Å². The summed E-state index contributed by atoms with van der Waals surface area (Å²) < 4.78 is 15.3. The van der Waals surface area contributed by atoms with E-state index in [0.29, 0.717) is 13.2 Å². The van der Waals surface area contributed by atoms with Crippen LogP contribution in [0.2, 0.25) is 0 Å². The van der Waals surface area contributed by atoms with Gasteiger partial charge in [-0.15, -0.1) is 0 Å². The summed E-state index contributed by atoms with van der Waals surface area (Å²) in [6.45, 7) is 4.81. The largest absolute Gasteiger partial charge is 0.382 e. The lowest BCUT2D eigenvalue weighted by atomic mass is 10.1. The maximum Gasteiger partial charge on any atom is 0.112 e. The second-order valence-corrected chi connectivity index (χ2v) is 2.78. The molecular weight excluding hydrogens is 132 g/mol. The van der Waals surface area contributed by atoms with Crippen LogP contribution in [0, 0.1) is 0 Å². The molecule has 0 atom stereocenters. The van der Waals surface area contributed by atoms with E-state index in [-0.39, 0.29) is 5.60 Å². The monoisotopic (exact) mass is 146 g/mol. The third-order valence-corrected chi connectivity index (χ3v) is 1.55. The molecule has 3 nitrogen and oxygen atoms in total. The lowest BCUT2D eigenvalue weighted by Crippen LogP contribution is -2.49. The van der Waals surface area contributed by atoms with E-state index in [2.05, 4.69) is 0 Å². The van der Waals surface area contributed by atoms with E-state index in [4.69, 9.17) is 14.2 Å². The second-order valence-electron chi connectivity index (χ2n) is 2.78. The summed E-state index contributed by atoms with van der Waals surface area (Å²) in [5, 5.41) is 0. The van der Waals surface area contributed by atoms with Crippen molar-refractivity contribution in [1.82, 2.24) is 0 Å². The van der Waals surface area contributed by atoms with Crippen LogP contribution in [0.4, 0.5) is 0 Å². The summed E-state index contributed by atoms with van der Waals surface area (Å²) in [7, 11) is 1.67. The predicted octanol–water partition coefficient (Wildman–Crippen LogP) is 0.438. The molecule has 1 fully saturated rings. The maximum atomic E-state index is 5.46. The van der Waals surface area contributed by atoms with E-state index < -0.39 is 0 Å². The average molecular weight is 146 g/mol. The van der Waals surface area contributed by atoms with Gasteiger partial charge in [0.15, 0.2) is 0 Å². The van der Waals surface area contributed by atoms with Gasteiger partial charge in [0.25, 0.3) is 0 Å². The summed E-state index contributed by atoms with van der Waals surface area (Å²) >= 11 is 0. The third kappa shape index (κ3) is 1.94. The molecule has 0 aliphatic carbocycles. The van der Waals surface area contributed by atoms with E-state index >= 15 is 0 Å². The van der Waals surface area contributed by atoms with Crippen molar-refractivity contribution < 1.29 is 14.2 Å². The summed E-state index contributed by atoms with van der Waals surface area (Å²) in [5.41, 5.74) is -0.0292. The van der Waals surface area contributed by atoms with E-state index in [0.717, 1.165) is 13.2 Å². The molecule has 1 saturated heterocycles. The molecular formula is C7H14O3. The minimum Gasteiger partial charge on any atom is -0.382 e. The maximum absolute atomic E-state index is 5.46. The fraction of sp³-hybridized carbons (Fsp3) is 1.00. The smallest absolute Gasteiger partial charge is 0.112 e. The Morgan fingerprint density at radius 3 is 2.50 bits per heavy atom. The van der Waals surface area contributed by atoms with Crippen molar-refractivity contribution in [2.45, 2.75) is 12.5 Å². The number of ether oxygens (including phenoxy) is 3. The Hall–Kier alpha value is -0.120. The van der Waals surface area contributed by atoms with Crippen molar-refractivity contribution >= 4 is 0 Å². The molecule has 1 heterocycles. The molecule has 0 unspecified atom stereocenters. The van der Waals surface area contributed by atoms with Gasteiger partial charge in [-0.2, -0.15) is 0 Å². The lowest BCUT2D eigenvalue weighted by molar-refractivity contribution is -0.202. The van der Waals surface area contributed by atoms with Crippen molar-refractivity contribution in [2.24, 2.45) is 0 Å². The van der Waals surface area contributed by atoms with Crippen LogP contribution in [0.5, 0.6) is 0 Å². The summed E-state index contributed by atoms with van der Waals surface area (Å²) in [6, 6.07) is 0. The molecule has 0 aromatic heterocycles. The highest BCUT2D eigenvalue weighted by molar-refractivity contribution is 4.81. The highest BCUT2D eigenvalue weighted by atomic mass is 16.6. The third-order valence-electron chi connectivity index (χ3n) is 1.55. The fourth-order valence-corrected chi connectivity index (χ4v) is 0.844. The highest BCUT2D eigenvalue weighted by Gasteiger charge is 2.33. The number of hydrogen-bond acceptors (Lipinski definition) is 3. The van der Waals surface area contributed by atoms with Crippen molar-refractivity contribution in [2.75, 3.05) is 33.5 Å². The molecule has 10 heavy (non-hydrogen) atoms. The Morgan fingerprint density at radius 2 is 2.10 bits per heavy atom. The summed E-state index contributed by atoms with van der Waals surface area (Å²) in [5.74, 6) is 0. The second kappa shape index (κ2) is 3.32. The molecule has 0 N–H and O–H groups in total. The standard InChI is InChI=1S/C7H14O3/c1-7(5-9-6-7)10-4-3-8-2/h3-6H2,1-2H3. The zero-order chi connectivity index (χ0) is 7.45. The summed E-state index contributed by atoms with van der Waals surface area (Å²) in [4.78, 5) is 0. The van der Waals surface area contributed by atoms with Crippen LogP contribution in [-0.2, 0) is 14.2 Å². The molecule has 0 spiro atoms. The van der Waals surface area contributed by atoms with Crippen molar-refractivity contribution in [3.8, 4) is 0 Å². The van der Waals surface area contributed by atoms with Crippen molar-refractivity contribution in [1.29, 1.82) is 0 Å². The van der Waals surface area contributed by atoms with E-state index in [1.54, 1.807) is 7.11 Å². The molecule has 0 aromatic carbocycles. The minimum absolute atomic E-state index is 0.0292. The van der Waals surface area contributed by atoms with Crippen LogP contribution in [0.3, 0.4) is 0 Å². The van der Waals surface area contributed by atoms with Gasteiger partial charge in [-0.25, -0.2) is 0 Å². The Balaban J connectivity index is 2.01. The molecule has 0 radical (unpaired) electrons. The molecule has 0 saturated carbocycles. The Morgan fingerprint density at radius 1 is 1.40 bits per heavy atom. The predicted molar refractivity (Wildman–Crippen MR) is 37.1 cm³/mol. The average Bonchev–Trinajstić information content (AvgIpc) is 1.85. The van der Waals surface area contributed by atoms with Crippen LogP contribution in [-0.4, -0.2) is 39.1 Å². The molecule has 1 aliphatic heterocycles. The van der Waals surface area contributed by atoms with Crippen LogP contribution >= 0.6 is 0 Å². The fourth-order valence-electron chi connectivity index (χ4n) is 0.844. The Labute approximate surface area is 61.3 Å². The van der Waals surface area contributed by atoms with E-state index in [1.807, 2.05) is 6.92 Å². The van der Waals surface area contributed by atoms with Gasteiger partial charge >= 0.3 is 0 Å². The first-order valence-corrected chi connectivity index (χ1v) is 3.47. The Bertz CT molecular complexity index is 99.0. The molecule has 0 amide bonds. The van der Waals surface area contributed by atoms with Gasteiger partial charge in [-0.05, 0) is 6.92 Å². The van der Waals surface area contributed by atoms with Crippen LogP contribution in [0.1, 0.15) is 6.92 Å². The van der Waals surface area contributed by atoms with Gasteiger partial charge in [0.2, 0.25) is 0 Å². The number of hydrogen-bond donors (Lipinski definition) is 0. The molecule has 60 valence electrons. The molecule has 3 heteroatoms. The van der Waals surface area contributed by atoms with Crippen LogP contribution in [0.25, 0.3) is 0 Å². The molecule has 1 rings (SSSR count). The zero-order valence-corrected chi connectivity index (χ0v) is 6.55. The van der Waals surface area contributed by atoms with Crippen molar-refractivity contribution in [3.63, 3.8) is 0 Å². The first kappa shape index (κ1) is 7.98. The van der Waals surface area contributed by atoms with Gasteiger partial charge in [-0.1, -0.05) is 0 Å².